The summed E-state index contributed by atoms with van der Waals surface area (Å²) in [7, 11) is 0. The summed E-state index contributed by atoms with van der Waals surface area (Å²) < 4.78 is 40.2. The van der Waals surface area contributed by atoms with Gasteiger partial charge in [0, 0.05) is 25.8 Å². The molecule has 0 fully saturated rings. The Morgan fingerprint density at radius 1 is 1.33 bits per heavy atom. The normalized spacial score (nSPS) is 14.4. The number of hydrogen-bond acceptors (Lipinski definition) is 4. The van der Waals surface area contributed by atoms with E-state index in [1.54, 1.807) is 9.47 Å². The summed E-state index contributed by atoms with van der Waals surface area (Å²) >= 11 is 0. The molecule has 7 nitrogen and oxygen atoms in total. The van der Waals surface area contributed by atoms with Crippen LogP contribution in [0.4, 0.5) is 18.0 Å². The molecule has 0 spiro atoms. The van der Waals surface area contributed by atoms with Crippen LogP contribution >= 0.6 is 0 Å². The molecular weight excluding hydrogens is 325 g/mol. The number of alkyl halides is 3. The summed E-state index contributed by atoms with van der Waals surface area (Å²) in [5.41, 5.74) is -0.681. The molecule has 1 aliphatic rings. The predicted octanol–water partition coefficient (Wildman–Crippen LogP) is 1.90. The van der Waals surface area contributed by atoms with E-state index in [1.807, 2.05) is 6.92 Å². The number of carbonyl (C=O) groups excluding carboxylic acids is 1. The number of amides is 2. The number of nitrogens with zero attached hydrogens (tertiary/aromatic N) is 5. The molecule has 0 saturated heterocycles. The van der Waals surface area contributed by atoms with Crippen LogP contribution in [0.15, 0.2) is 18.3 Å². The molecule has 0 aromatic carbocycles. The Balaban J connectivity index is 1.88. The average molecular weight is 340 g/mol. The fourth-order valence-corrected chi connectivity index (χ4v) is 2.51. The van der Waals surface area contributed by atoms with E-state index in [4.69, 9.17) is 0 Å². The van der Waals surface area contributed by atoms with Crippen molar-refractivity contribution in [2.45, 2.75) is 26.2 Å². The summed E-state index contributed by atoms with van der Waals surface area (Å²) in [6.45, 7) is 3.40. The third-order valence-corrected chi connectivity index (χ3v) is 3.68. The lowest BCUT2D eigenvalue weighted by Crippen LogP contribution is -2.44. The van der Waals surface area contributed by atoms with Gasteiger partial charge in [-0.15, -0.1) is 10.2 Å². The van der Waals surface area contributed by atoms with Gasteiger partial charge in [-0.05, 0) is 19.1 Å². The van der Waals surface area contributed by atoms with E-state index < -0.39 is 11.7 Å². The van der Waals surface area contributed by atoms with E-state index in [0.717, 1.165) is 18.3 Å². The van der Waals surface area contributed by atoms with Crippen LogP contribution in [0.25, 0.3) is 11.5 Å². The fourth-order valence-electron chi connectivity index (χ4n) is 2.51. The predicted molar refractivity (Wildman–Crippen MR) is 77.7 cm³/mol. The number of urea groups is 1. The molecule has 1 aliphatic heterocycles. The lowest BCUT2D eigenvalue weighted by atomic mass is 10.2. The standard InChI is InChI=1S/C14H15F3N6O/c1-2-18-13(24)22-5-6-23-11(8-22)20-21-12(23)10-7-9(3-4-19-10)14(15,16)17/h3-4,7H,2,5-6,8H2,1H3,(H,18,24). The number of rotatable bonds is 2. The summed E-state index contributed by atoms with van der Waals surface area (Å²) in [4.78, 5) is 17.4. The van der Waals surface area contributed by atoms with E-state index >= 15 is 0 Å². The molecule has 0 radical (unpaired) electrons. The minimum atomic E-state index is -4.45. The zero-order valence-electron chi connectivity index (χ0n) is 12.8. The smallest absolute Gasteiger partial charge is 0.338 e. The van der Waals surface area contributed by atoms with Crippen LogP contribution in [0.2, 0.25) is 0 Å². The molecule has 10 heteroatoms. The summed E-state index contributed by atoms with van der Waals surface area (Å²) in [5, 5.41) is 10.6. The SMILES string of the molecule is CCNC(=O)N1CCn2c(nnc2-c2cc(C(F)(F)F)ccn2)C1. The van der Waals surface area contributed by atoms with Crippen molar-refractivity contribution in [1.82, 2.24) is 30.0 Å². The molecule has 2 aromatic heterocycles. The van der Waals surface area contributed by atoms with Crippen molar-refractivity contribution in [3.8, 4) is 11.5 Å². The highest BCUT2D eigenvalue weighted by molar-refractivity contribution is 5.74. The molecule has 0 saturated carbocycles. The van der Waals surface area contributed by atoms with E-state index in [1.165, 1.54) is 0 Å². The van der Waals surface area contributed by atoms with Crippen molar-refractivity contribution in [3.05, 3.63) is 29.7 Å². The van der Waals surface area contributed by atoms with Gasteiger partial charge in [-0.3, -0.25) is 4.98 Å². The highest BCUT2D eigenvalue weighted by Crippen LogP contribution is 2.31. The molecule has 0 aliphatic carbocycles. The zero-order valence-corrected chi connectivity index (χ0v) is 12.8. The zero-order chi connectivity index (χ0) is 17.3. The van der Waals surface area contributed by atoms with Gasteiger partial charge >= 0.3 is 12.2 Å². The van der Waals surface area contributed by atoms with Gasteiger partial charge in [0.2, 0.25) is 0 Å². The van der Waals surface area contributed by atoms with Crippen LogP contribution in [0.5, 0.6) is 0 Å². The number of aromatic nitrogens is 4. The van der Waals surface area contributed by atoms with E-state index in [2.05, 4.69) is 20.5 Å². The van der Waals surface area contributed by atoms with Crippen LogP contribution < -0.4 is 5.32 Å². The topological polar surface area (TPSA) is 75.9 Å². The fraction of sp³-hybridized carbons (Fsp3) is 0.429. The summed E-state index contributed by atoms with van der Waals surface area (Å²) in [6.07, 6.45) is -3.35. The first kappa shape index (κ1) is 16.2. The molecule has 0 unspecified atom stereocenters. The molecular formula is C14H15F3N6O. The van der Waals surface area contributed by atoms with Crippen LogP contribution in [0, 0.1) is 0 Å². The molecule has 0 bridgehead atoms. The molecule has 24 heavy (non-hydrogen) atoms. The largest absolute Gasteiger partial charge is 0.416 e. The summed E-state index contributed by atoms with van der Waals surface area (Å²) in [6, 6.07) is 1.66. The van der Waals surface area contributed by atoms with Crippen molar-refractivity contribution in [1.29, 1.82) is 0 Å². The van der Waals surface area contributed by atoms with Gasteiger partial charge in [0.15, 0.2) is 11.6 Å². The van der Waals surface area contributed by atoms with Crippen LogP contribution in [0.1, 0.15) is 18.3 Å². The van der Waals surface area contributed by atoms with Gasteiger partial charge in [0.05, 0.1) is 12.1 Å². The second kappa shape index (κ2) is 6.10. The molecule has 128 valence electrons. The van der Waals surface area contributed by atoms with E-state index in [-0.39, 0.29) is 24.1 Å². The first-order chi connectivity index (χ1) is 11.4. The van der Waals surface area contributed by atoms with Crippen molar-refractivity contribution < 1.29 is 18.0 Å². The quantitative estimate of drug-likeness (QED) is 0.906. The molecule has 2 aromatic rings. The second-order valence-electron chi connectivity index (χ2n) is 5.28. The second-order valence-corrected chi connectivity index (χ2v) is 5.28. The lowest BCUT2D eigenvalue weighted by Gasteiger charge is -2.27. The number of halogens is 3. The third kappa shape index (κ3) is 3.03. The Bertz CT molecular complexity index is 757. The van der Waals surface area contributed by atoms with Gasteiger partial charge < -0.3 is 14.8 Å². The molecule has 2 amide bonds. The maximum Gasteiger partial charge on any atom is 0.416 e. The van der Waals surface area contributed by atoms with Gasteiger partial charge in [-0.2, -0.15) is 13.2 Å². The van der Waals surface area contributed by atoms with Crippen molar-refractivity contribution in [2.75, 3.05) is 13.1 Å². The van der Waals surface area contributed by atoms with Crippen LogP contribution in [0.3, 0.4) is 0 Å². The van der Waals surface area contributed by atoms with Crippen LogP contribution in [-0.4, -0.2) is 43.8 Å². The molecule has 3 rings (SSSR count). The van der Waals surface area contributed by atoms with Crippen LogP contribution in [-0.2, 0) is 19.3 Å². The number of carbonyl (C=O) groups is 1. The van der Waals surface area contributed by atoms with E-state index in [9.17, 15) is 18.0 Å². The lowest BCUT2D eigenvalue weighted by molar-refractivity contribution is -0.137. The summed E-state index contributed by atoms with van der Waals surface area (Å²) in [5.74, 6) is 0.786. The minimum absolute atomic E-state index is 0.107. The Kier molecular flexibility index (Phi) is 4.12. The van der Waals surface area contributed by atoms with Crippen molar-refractivity contribution in [2.24, 2.45) is 0 Å². The number of fused-ring (bicyclic) bond motifs is 1. The molecule has 3 heterocycles. The Labute approximate surface area is 135 Å². The molecule has 0 atom stereocenters. The van der Waals surface area contributed by atoms with Gasteiger partial charge in [-0.25, -0.2) is 4.79 Å². The van der Waals surface area contributed by atoms with E-state index in [0.29, 0.717) is 25.5 Å². The number of nitrogens with one attached hydrogen (secondary N) is 1. The van der Waals surface area contributed by atoms with Gasteiger partial charge in [0.1, 0.15) is 5.69 Å². The maximum absolute atomic E-state index is 12.8. The van der Waals surface area contributed by atoms with Gasteiger partial charge in [-0.1, -0.05) is 0 Å². The monoisotopic (exact) mass is 340 g/mol. The maximum atomic E-state index is 12.8. The molecule has 1 N–H and O–H groups in total. The highest BCUT2D eigenvalue weighted by atomic mass is 19.4. The highest BCUT2D eigenvalue weighted by Gasteiger charge is 2.32. The minimum Gasteiger partial charge on any atom is -0.338 e. The van der Waals surface area contributed by atoms with Crippen molar-refractivity contribution in [3.63, 3.8) is 0 Å². The Hall–Kier alpha value is -2.65. The number of hydrogen-bond donors (Lipinski definition) is 1. The Morgan fingerprint density at radius 3 is 2.83 bits per heavy atom. The number of pyridine rings is 1. The first-order valence-corrected chi connectivity index (χ1v) is 7.38. The van der Waals surface area contributed by atoms with Gasteiger partial charge in [0.25, 0.3) is 0 Å². The Morgan fingerprint density at radius 2 is 2.12 bits per heavy atom. The average Bonchev–Trinajstić information content (AvgIpc) is 2.97. The first-order valence-electron chi connectivity index (χ1n) is 7.38. The third-order valence-electron chi connectivity index (χ3n) is 3.68. The van der Waals surface area contributed by atoms with Crippen molar-refractivity contribution >= 4 is 6.03 Å².